The van der Waals surface area contributed by atoms with Crippen LogP contribution in [-0.2, 0) is 47.7 Å². The van der Waals surface area contributed by atoms with Crippen LogP contribution in [0.15, 0.2) is 0 Å². The predicted octanol–water partition coefficient (Wildman–Crippen LogP) is 28.9. The monoisotopic (exact) mass is 1570 g/mol. The SMILES string of the molecule is CCCCC(CCCC)CCOC(=O)CCCCCCCCCC(CCCCCCCCCC(=O)OCCC(CCCC)CC(CC)C(C)CCC(CCCC)CC(=O)OCCCCCCCCCCC(CCCCCCCCCCOC(=O)CC(CCCC)CCCC)CN(CC)CC)OC(=O)CCCN1CCCC1. The van der Waals surface area contributed by atoms with Gasteiger partial charge in [-0.05, 0) is 203 Å². The van der Waals surface area contributed by atoms with Gasteiger partial charge < -0.3 is 33.5 Å². The Labute approximate surface area is 689 Å². The summed E-state index contributed by atoms with van der Waals surface area (Å²) in [4.78, 5) is 69.3. The molecule has 1 aliphatic heterocycles. The topological polar surface area (TPSA) is 138 Å². The zero-order chi connectivity index (χ0) is 80.9. The van der Waals surface area contributed by atoms with Gasteiger partial charge in [-0.15, -0.1) is 0 Å². The number of likely N-dealkylation sites (tertiary alicyclic amines) is 1. The first-order chi connectivity index (χ1) is 54.3. The molecule has 0 aromatic heterocycles. The number of carbonyl (C=O) groups is 5. The quantitative estimate of drug-likeness (QED) is 0.0325. The van der Waals surface area contributed by atoms with Gasteiger partial charge in [0, 0.05) is 38.6 Å². The van der Waals surface area contributed by atoms with Crippen molar-refractivity contribution < 1.29 is 47.7 Å². The molecule has 0 aromatic carbocycles. The molecule has 0 aromatic rings. The minimum Gasteiger partial charge on any atom is -0.466 e. The molecule has 6 atom stereocenters. The molecule has 1 fully saturated rings. The summed E-state index contributed by atoms with van der Waals surface area (Å²) in [5, 5.41) is 0. The van der Waals surface area contributed by atoms with Crippen molar-refractivity contribution >= 4 is 29.8 Å². The van der Waals surface area contributed by atoms with Crippen LogP contribution in [0.1, 0.15) is 493 Å². The Bertz CT molecular complexity index is 2030. The van der Waals surface area contributed by atoms with Crippen LogP contribution in [0.3, 0.4) is 0 Å². The van der Waals surface area contributed by atoms with Gasteiger partial charge in [-0.2, -0.15) is 0 Å². The first-order valence-corrected chi connectivity index (χ1v) is 49.5. The van der Waals surface area contributed by atoms with E-state index in [9.17, 15) is 24.0 Å². The average molecular weight is 1570 g/mol. The molecule has 0 saturated carbocycles. The summed E-state index contributed by atoms with van der Waals surface area (Å²) in [6.07, 6.45) is 74.6. The maximum Gasteiger partial charge on any atom is 0.306 e. The molecule has 0 bridgehead atoms. The fourth-order valence-electron chi connectivity index (χ4n) is 17.6. The fraction of sp³-hybridized carbons (Fsp3) is 0.949. The molecule has 1 aliphatic rings. The Morgan fingerprint density at radius 3 is 1.05 bits per heavy atom. The molecule has 111 heavy (non-hydrogen) atoms. The molecule has 0 amide bonds. The molecule has 12 heteroatoms. The molecule has 656 valence electrons. The molecule has 0 spiro atoms. The van der Waals surface area contributed by atoms with E-state index in [0.717, 1.165) is 206 Å². The Balaban J connectivity index is 2.35. The van der Waals surface area contributed by atoms with Crippen molar-refractivity contribution in [1.82, 2.24) is 9.80 Å². The van der Waals surface area contributed by atoms with Crippen LogP contribution >= 0.6 is 0 Å². The normalized spacial score (nSPS) is 14.3. The third-order valence-corrected chi connectivity index (χ3v) is 25.4. The van der Waals surface area contributed by atoms with Crippen LogP contribution < -0.4 is 0 Å². The van der Waals surface area contributed by atoms with E-state index in [4.69, 9.17) is 23.7 Å². The lowest BCUT2D eigenvalue weighted by Gasteiger charge is -2.29. The molecule has 1 heterocycles. The van der Waals surface area contributed by atoms with Crippen molar-refractivity contribution in [2.24, 2.45) is 41.4 Å². The van der Waals surface area contributed by atoms with Crippen LogP contribution in [0.2, 0.25) is 0 Å². The summed E-state index contributed by atoms with van der Waals surface area (Å²) in [5.41, 5.74) is 0. The van der Waals surface area contributed by atoms with Gasteiger partial charge in [0.1, 0.15) is 6.10 Å². The Morgan fingerprint density at radius 2 is 0.640 bits per heavy atom. The Kier molecular flexibility index (Phi) is 76.3. The lowest BCUT2D eigenvalue weighted by molar-refractivity contribution is -0.150. The van der Waals surface area contributed by atoms with Gasteiger partial charge in [0.2, 0.25) is 0 Å². The lowest BCUT2D eigenvalue weighted by atomic mass is 9.77. The number of hydrogen-bond acceptors (Lipinski definition) is 12. The van der Waals surface area contributed by atoms with Crippen LogP contribution in [-0.4, -0.2) is 111 Å². The van der Waals surface area contributed by atoms with E-state index < -0.39 is 0 Å². The average Bonchev–Trinajstić information content (AvgIpc) is 1.30. The van der Waals surface area contributed by atoms with Gasteiger partial charge in [-0.3, -0.25) is 24.0 Å². The predicted molar refractivity (Wildman–Crippen MR) is 472 cm³/mol. The number of unbranched alkanes of at least 4 members (excludes halogenated alkanes) is 32. The summed E-state index contributed by atoms with van der Waals surface area (Å²) >= 11 is 0. The second-order valence-corrected chi connectivity index (χ2v) is 35.5. The van der Waals surface area contributed by atoms with Gasteiger partial charge in [-0.1, -0.05) is 332 Å². The highest BCUT2D eigenvalue weighted by molar-refractivity contribution is 5.71. The molecular weight excluding hydrogens is 1380 g/mol. The van der Waals surface area contributed by atoms with Crippen LogP contribution in [0.4, 0.5) is 0 Å². The van der Waals surface area contributed by atoms with Crippen molar-refractivity contribution in [3.05, 3.63) is 0 Å². The summed E-state index contributed by atoms with van der Waals surface area (Å²) in [7, 11) is 0. The molecule has 0 radical (unpaired) electrons. The summed E-state index contributed by atoms with van der Waals surface area (Å²) in [5.74, 6) is 4.14. The molecule has 12 nitrogen and oxygen atoms in total. The van der Waals surface area contributed by atoms with E-state index in [0.29, 0.717) is 94.0 Å². The Morgan fingerprint density at radius 1 is 0.306 bits per heavy atom. The minimum absolute atomic E-state index is 0.00574. The maximum absolute atomic E-state index is 13.3. The standard InChI is InChI=1S/C99H190N2O10/c1-11-20-59-88(60-21-12-2)74-81-109-95(102)69-52-44-36-30-34-42-50-67-94(111-97(104)71-58-78-101-76-54-55-77-101)68-51-43-35-31-37-45-53-70-96(103)110-82-75-91(64-25-16-6)83-93(17-7)87(10)72-73-90(63-24-15-5)85-99(106)108-80-57-47-39-29-27-33-41-49-66-92(86-100(18-8)19-9)65-48-40-32-26-28-38-46-56-79-107-98(105)84-89(61-22-13-3)62-23-14-4/h87-94H,11-86H2,1-10H3. The van der Waals surface area contributed by atoms with Crippen molar-refractivity contribution in [2.45, 2.75) is 499 Å². The number of esters is 5. The van der Waals surface area contributed by atoms with E-state index in [2.05, 4.69) is 79.0 Å². The maximum atomic E-state index is 13.3. The Hall–Kier alpha value is -2.73. The number of rotatable bonds is 86. The van der Waals surface area contributed by atoms with E-state index in [1.54, 1.807) is 0 Å². The molecule has 6 unspecified atom stereocenters. The minimum atomic E-state index is -0.0399. The summed E-state index contributed by atoms with van der Waals surface area (Å²) in [6, 6.07) is 0. The first-order valence-electron chi connectivity index (χ1n) is 49.5. The van der Waals surface area contributed by atoms with Gasteiger partial charge in [0.05, 0.1) is 26.4 Å². The number of nitrogens with zero attached hydrogens (tertiary/aromatic N) is 2. The second-order valence-electron chi connectivity index (χ2n) is 35.5. The number of ether oxygens (including phenoxy) is 5. The lowest BCUT2D eigenvalue weighted by Crippen LogP contribution is -2.29. The highest BCUT2D eigenvalue weighted by Gasteiger charge is 2.25. The van der Waals surface area contributed by atoms with Gasteiger partial charge in [0.25, 0.3) is 0 Å². The van der Waals surface area contributed by atoms with E-state index >= 15 is 0 Å². The number of carbonyl (C=O) groups excluding carboxylic acids is 5. The van der Waals surface area contributed by atoms with E-state index in [1.807, 2.05) is 0 Å². The molecule has 1 rings (SSSR count). The highest BCUT2D eigenvalue weighted by Crippen LogP contribution is 2.34. The highest BCUT2D eigenvalue weighted by atomic mass is 16.6. The zero-order valence-corrected chi connectivity index (χ0v) is 75.8. The van der Waals surface area contributed by atoms with Gasteiger partial charge in [0.15, 0.2) is 0 Å². The van der Waals surface area contributed by atoms with Crippen molar-refractivity contribution in [3.63, 3.8) is 0 Å². The third kappa shape index (κ3) is 66.9. The first kappa shape index (κ1) is 106. The van der Waals surface area contributed by atoms with Gasteiger partial charge >= 0.3 is 29.8 Å². The molecule has 0 aliphatic carbocycles. The summed E-state index contributed by atoms with van der Waals surface area (Å²) in [6.45, 7) is 32.1. The zero-order valence-electron chi connectivity index (χ0n) is 75.8. The smallest absolute Gasteiger partial charge is 0.306 e. The molecule has 1 saturated heterocycles. The van der Waals surface area contributed by atoms with Crippen molar-refractivity contribution in [3.8, 4) is 0 Å². The third-order valence-electron chi connectivity index (χ3n) is 25.4. The van der Waals surface area contributed by atoms with Crippen LogP contribution in [0.5, 0.6) is 0 Å². The van der Waals surface area contributed by atoms with Crippen LogP contribution in [0, 0.1) is 41.4 Å². The fourth-order valence-corrected chi connectivity index (χ4v) is 17.6. The van der Waals surface area contributed by atoms with Gasteiger partial charge in [-0.25, -0.2) is 0 Å². The summed E-state index contributed by atoms with van der Waals surface area (Å²) < 4.78 is 29.3. The largest absolute Gasteiger partial charge is 0.466 e. The van der Waals surface area contributed by atoms with Crippen molar-refractivity contribution in [2.75, 3.05) is 65.7 Å². The second kappa shape index (κ2) is 79.7. The van der Waals surface area contributed by atoms with Crippen LogP contribution in [0.25, 0.3) is 0 Å². The van der Waals surface area contributed by atoms with Crippen molar-refractivity contribution in [1.29, 1.82) is 0 Å². The molecule has 0 N–H and O–H groups in total. The number of hydrogen-bond donors (Lipinski definition) is 0. The van der Waals surface area contributed by atoms with E-state index in [1.165, 1.54) is 231 Å². The van der Waals surface area contributed by atoms with E-state index in [-0.39, 0.29) is 36.0 Å². The molecular formula is C99H190N2O10.